The van der Waals surface area contributed by atoms with Crippen LogP contribution in [0.25, 0.3) is 20.4 Å². The number of aryl methyl sites for hydroxylation is 1. The molecule has 0 aliphatic heterocycles. The summed E-state index contributed by atoms with van der Waals surface area (Å²) in [5, 5.41) is 0. The SMILES string of the molecule is CCn1c(=O)sc2cc(S(=O)(=O)Nc3ccc4c(c3)sc(=O)n4C(C)C)ccc21. The lowest BCUT2D eigenvalue weighted by molar-refractivity contribution is 0.601. The molecular formula is C19H19N3O4S3. The van der Waals surface area contributed by atoms with E-state index in [9.17, 15) is 18.0 Å². The van der Waals surface area contributed by atoms with Gasteiger partial charge < -0.3 is 0 Å². The van der Waals surface area contributed by atoms with Crippen LogP contribution in [0.4, 0.5) is 5.69 Å². The van der Waals surface area contributed by atoms with Gasteiger partial charge in [-0.25, -0.2) is 8.42 Å². The molecular weight excluding hydrogens is 430 g/mol. The monoisotopic (exact) mass is 449 g/mol. The van der Waals surface area contributed by atoms with Crippen LogP contribution in [0.2, 0.25) is 0 Å². The number of hydrogen-bond acceptors (Lipinski definition) is 6. The van der Waals surface area contributed by atoms with Gasteiger partial charge in [-0.05, 0) is 57.2 Å². The van der Waals surface area contributed by atoms with Crippen molar-refractivity contribution in [2.75, 3.05) is 4.72 Å². The predicted octanol–water partition coefficient (Wildman–Crippen LogP) is 3.84. The second-order valence-corrected chi connectivity index (χ2v) is 10.5. The van der Waals surface area contributed by atoms with E-state index in [0.717, 1.165) is 38.4 Å². The number of benzene rings is 2. The molecule has 4 rings (SSSR count). The van der Waals surface area contributed by atoms with Gasteiger partial charge in [0.05, 0.1) is 31.0 Å². The van der Waals surface area contributed by atoms with Crippen LogP contribution in [0.3, 0.4) is 0 Å². The summed E-state index contributed by atoms with van der Waals surface area (Å²) in [6.45, 7) is 6.26. The van der Waals surface area contributed by atoms with E-state index in [2.05, 4.69) is 4.72 Å². The first-order valence-electron chi connectivity index (χ1n) is 9.02. The first-order chi connectivity index (χ1) is 13.7. The fraction of sp³-hybridized carbons (Fsp3) is 0.263. The smallest absolute Gasteiger partial charge is 0.299 e. The number of rotatable bonds is 5. The number of nitrogens with zero attached hydrogens (tertiary/aromatic N) is 2. The first kappa shape index (κ1) is 19.9. The van der Waals surface area contributed by atoms with Gasteiger partial charge in [0.1, 0.15) is 0 Å². The van der Waals surface area contributed by atoms with Crippen LogP contribution in [0.15, 0.2) is 50.9 Å². The summed E-state index contributed by atoms with van der Waals surface area (Å²) in [5.41, 5.74) is 1.89. The largest absolute Gasteiger partial charge is 0.308 e. The number of sulfonamides is 1. The number of fused-ring (bicyclic) bond motifs is 2. The molecule has 0 fully saturated rings. The fourth-order valence-corrected chi connectivity index (χ4v) is 6.51. The zero-order valence-corrected chi connectivity index (χ0v) is 18.5. The highest BCUT2D eigenvalue weighted by Gasteiger charge is 2.18. The maximum absolute atomic E-state index is 12.9. The van der Waals surface area contributed by atoms with E-state index in [1.54, 1.807) is 33.4 Å². The average Bonchev–Trinajstić information content (AvgIpc) is 3.14. The third-order valence-electron chi connectivity index (χ3n) is 4.65. The zero-order chi connectivity index (χ0) is 20.9. The Kier molecular flexibility index (Phi) is 4.88. The summed E-state index contributed by atoms with van der Waals surface area (Å²) >= 11 is 2.12. The molecule has 1 N–H and O–H groups in total. The van der Waals surface area contributed by atoms with Gasteiger partial charge in [-0.2, -0.15) is 0 Å². The maximum atomic E-state index is 12.9. The van der Waals surface area contributed by atoms with Gasteiger partial charge in [-0.3, -0.25) is 23.4 Å². The molecule has 0 aliphatic carbocycles. The van der Waals surface area contributed by atoms with E-state index >= 15 is 0 Å². The molecule has 0 radical (unpaired) electrons. The van der Waals surface area contributed by atoms with Gasteiger partial charge in [-0.15, -0.1) is 0 Å². The summed E-state index contributed by atoms with van der Waals surface area (Å²) < 4.78 is 33.0. The topological polar surface area (TPSA) is 90.2 Å². The molecule has 0 atom stereocenters. The van der Waals surface area contributed by atoms with E-state index in [1.165, 1.54) is 12.1 Å². The van der Waals surface area contributed by atoms with Crippen molar-refractivity contribution in [2.24, 2.45) is 0 Å². The van der Waals surface area contributed by atoms with Gasteiger partial charge >= 0.3 is 9.75 Å². The molecule has 29 heavy (non-hydrogen) atoms. The summed E-state index contributed by atoms with van der Waals surface area (Å²) in [6.07, 6.45) is 0. The predicted molar refractivity (Wildman–Crippen MR) is 119 cm³/mol. The van der Waals surface area contributed by atoms with Gasteiger partial charge in [-0.1, -0.05) is 22.7 Å². The Morgan fingerprint density at radius 3 is 2.31 bits per heavy atom. The number of aromatic nitrogens is 2. The van der Waals surface area contributed by atoms with Crippen LogP contribution < -0.4 is 14.5 Å². The fourth-order valence-electron chi connectivity index (χ4n) is 3.32. The molecule has 0 bridgehead atoms. The molecule has 4 aromatic rings. The molecule has 0 spiro atoms. The molecule has 2 heterocycles. The second kappa shape index (κ2) is 7.12. The Morgan fingerprint density at radius 1 is 0.966 bits per heavy atom. The van der Waals surface area contributed by atoms with Crippen LogP contribution in [0.1, 0.15) is 26.8 Å². The van der Waals surface area contributed by atoms with Crippen molar-refractivity contribution in [3.05, 3.63) is 55.7 Å². The molecule has 2 aromatic heterocycles. The lowest BCUT2D eigenvalue weighted by Gasteiger charge is -2.10. The van der Waals surface area contributed by atoms with E-state index in [1.807, 2.05) is 20.8 Å². The molecule has 0 saturated carbocycles. The van der Waals surface area contributed by atoms with Crippen LogP contribution in [-0.4, -0.2) is 17.6 Å². The first-order valence-corrected chi connectivity index (χ1v) is 12.1. The van der Waals surface area contributed by atoms with Crippen molar-refractivity contribution in [3.63, 3.8) is 0 Å². The number of hydrogen-bond donors (Lipinski definition) is 1. The molecule has 0 amide bonds. The van der Waals surface area contributed by atoms with Crippen molar-refractivity contribution in [3.8, 4) is 0 Å². The molecule has 0 aliphatic rings. The average molecular weight is 450 g/mol. The Bertz CT molecular complexity index is 1460. The van der Waals surface area contributed by atoms with E-state index in [0.29, 0.717) is 16.9 Å². The zero-order valence-electron chi connectivity index (χ0n) is 16.0. The maximum Gasteiger partial charge on any atom is 0.308 e. The second-order valence-electron chi connectivity index (χ2n) is 6.86. The third-order valence-corrected chi connectivity index (χ3v) is 7.89. The number of thiazole rings is 2. The Balaban J connectivity index is 1.72. The highest BCUT2D eigenvalue weighted by Crippen LogP contribution is 2.27. The lowest BCUT2D eigenvalue weighted by atomic mass is 10.3. The summed E-state index contributed by atoms with van der Waals surface area (Å²) in [4.78, 5) is 24.1. The highest BCUT2D eigenvalue weighted by molar-refractivity contribution is 7.92. The minimum Gasteiger partial charge on any atom is -0.299 e. The third kappa shape index (κ3) is 3.41. The molecule has 0 saturated heterocycles. The van der Waals surface area contributed by atoms with Crippen LogP contribution >= 0.6 is 22.7 Å². The van der Waals surface area contributed by atoms with Crippen LogP contribution in [0.5, 0.6) is 0 Å². The summed E-state index contributed by atoms with van der Waals surface area (Å²) in [5.74, 6) is 0. The molecule has 0 unspecified atom stereocenters. The Morgan fingerprint density at radius 2 is 1.62 bits per heavy atom. The highest BCUT2D eigenvalue weighted by atomic mass is 32.2. The molecule has 7 nitrogen and oxygen atoms in total. The van der Waals surface area contributed by atoms with Crippen LogP contribution in [0, 0.1) is 0 Å². The van der Waals surface area contributed by atoms with Gasteiger partial charge in [0.2, 0.25) is 0 Å². The summed E-state index contributed by atoms with van der Waals surface area (Å²) in [6, 6.07) is 9.76. The number of anilines is 1. The summed E-state index contributed by atoms with van der Waals surface area (Å²) in [7, 11) is -3.84. The van der Waals surface area contributed by atoms with Gasteiger partial charge in [0, 0.05) is 12.6 Å². The van der Waals surface area contributed by atoms with Gasteiger partial charge in [0.15, 0.2) is 0 Å². The minimum atomic E-state index is -3.84. The van der Waals surface area contributed by atoms with Crippen molar-refractivity contribution in [2.45, 2.75) is 38.3 Å². The normalized spacial score (nSPS) is 12.3. The molecule has 10 heteroatoms. The van der Waals surface area contributed by atoms with Gasteiger partial charge in [0.25, 0.3) is 10.0 Å². The number of nitrogens with one attached hydrogen (secondary N) is 1. The Labute approximate surface area is 174 Å². The van der Waals surface area contributed by atoms with E-state index < -0.39 is 10.0 Å². The molecule has 152 valence electrons. The van der Waals surface area contributed by atoms with E-state index in [4.69, 9.17) is 0 Å². The standard InChI is InChI=1S/C19H19N3O4S3/c1-4-21-14-8-6-13(10-17(14)27-18(21)23)29(25,26)20-12-5-7-15-16(9-12)28-19(24)22(15)11(2)3/h5-11,20H,4H2,1-3H3. The Hall–Kier alpha value is -2.43. The van der Waals surface area contributed by atoms with Crippen molar-refractivity contribution >= 4 is 58.8 Å². The van der Waals surface area contributed by atoms with Crippen molar-refractivity contribution in [1.82, 2.24) is 9.13 Å². The molecule has 2 aromatic carbocycles. The minimum absolute atomic E-state index is 0.0214. The quantitative estimate of drug-likeness (QED) is 0.501. The van der Waals surface area contributed by atoms with Crippen molar-refractivity contribution in [1.29, 1.82) is 0 Å². The lowest BCUT2D eigenvalue weighted by Crippen LogP contribution is -2.15. The van der Waals surface area contributed by atoms with Crippen LogP contribution in [-0.2, 0) is 16.6 Å². The van der Waals surface area contributed by atoms with Crippen molar-refractivity contribution < 1.29 is 8.42 Å². The van der Waals surface area contributed by atoms with E-state index in [-0.39, 0.29) is 20.7 Å².